The molecule has 0 fully saturated rings. The van der Waals surface area contributed by atoms with E-state index in [-0.39, 0.29) is 21.1 Å². The maximum Gasteiger partial charge on any atom is 2.00 e. The molecule has 6 heterocycles. The summed E-state index contributed by atoms with van der Waals surface area (Å²) in [5, 5.41) is 0. The number of aromatic nitrogens is 10. The molecule has 35 heavy (non-hydrogen) atoms. The summed E-state index contributed by atoms with van der Waals surface area (Å²) in [4.78, 5) is 34.9. The van der Waals surface area contributed by atoms with Gasteiger partial charge in [-0.3, -0.25) is 29.9 Å². The van der Waals surface area contributed by atoms with E-state index in [0.29, 0.717) is 22.9 Å². The minimum Gasteiger partial charge on any atom is -0.409 e. The fourth-order valence-corrected chi connectivity index (χ4v) is 3.71. The Kier molecular flexibility index (Phi) is 5.96. The second-order valence-corrected chi connectivity index (χ2v) is 7.53. The average Bonchev–Trinajstić information content (AvgIpc) is 3.50. The van der Waals surface area contributed by atoms with Crippen LogP contribution in [0.5, 0.6) is 0 Å². The number of hydrogen-bond donors (Lipinski definition) is 0. The van der Waals surface area contributed by atoms with Crippen LogP contribution in [0.4, 0.5) is 0 Å². The zero-order valence-electron chi connectivity index (χ0n) is 18.6. The van der Waals surface area contributed by atoms with Crippen LogP contribution in [0.15, 0.2) is 49.1 Å². The molecule has 11 heteroatoms. The molecule has 0 radical (unpaired) electrons. The van der Waals surface area contributed by atoms with Crippen LogP contribution in [0.3, 0.4) is 0 Å². The smallest absolute Gasteiger partial charge is 0.409 e. The summed E-state index contributed by atoms with van der Waals surface area (Å²) in [5.41, 5.74) is 5.89. The quantitative estimate of drug-likeness (QED) is 0.271. The van der Waals surface area contributed by atoms with Gasteiger partial charge >= 0.3 is 21.1 Å². The van der Waals surface area contributed by atoms with Crippen LogP contribution in [-0.4, -0.2) is 49.0 Å². The van der Waals surface area contributed by atoms with Gasteiger partial charge in [0.25, 0.3) is 0 Å². The number of aryl methyl sites for hydroxylation is 2. The van der Waals surface area contributed by atoms with E-state index in [4.69, 9.17) is 9.97 Å². The third kappa shape index (κ3) is 4.13. The summed E-state index contributed by atoms with van der Waals surface area (Å²) in [5.74, 6) is 1.36. The standard InChI is InChI=1S/C24H16N10.Pt/c1-15-21-23(27-11-25-15)29-13-33(21)19-7-3-5-17(31-19)9-10-18-6-4-8-20(32-18)34-14-30-24-22(34)16(2)26-12-28-24;/h3-12H,1-2H3;/q-2;+2/b10-9-;. The second-order valence-electron chi connectivity index (χ2n) is 7.53. The Bertz CT molecular complexity index is 1580. The van der Waals surface area contributed by atoms with Crippen LogP contribution in [-0.2, 0) is 21.1 Å². The van der Waals surface area contributed by atoms with Crippen molar-refractivity contribution in [3.05, 3.63) is 84.5 Å². The van der Waals surface area contributed by atoms with Gasteiger partial charge in [-0.25, -0.2) is 0 Å². The van der Waals surface area contributed by atoms with Crippen molar-refractivity contribution in [1.29, 1.82) is 0 Å². The van der Waals surface area contributed by atoms with Gasteiger partial charge in [-0.05, 0) is 49.2 Å². The van der Waals surface area contributed by atoms with E-state index in [0.717, 1.165) is 33.8 Å². The Hall–Kier alpha value is -4.17. The molecular weight excluding hydrogens is 623 g/mol. The van der Waals surface area contributed by atoms with E-state index in [2.05, 4.69) is 42.6 Å². The largest absolute Gasteiger partial charge is 2.00 e. The Morgan fingerprint density at radius 3 is 1.57 bits per heavy atom. The molecule has 6 rings (SSSR count). The number of fused-ring (bicyclic) bond motifs is 2. The topological polar surface area (TPSA) is 113 Å². The van der Waals surface area contributed by atoms with Crippen molar-refractivity contribution in [2.24, 2.45) is 0 Å². The van der Waals surface area contributed by atoms with E-state index in [1.165, 1.54) is 12.7 Å². The first kappa shape index (κ1) is 22.6. The minimum absolute atomic E-state index is 0. The number of nitrogens with zero attached hydrogens (tertiary/aromatic N) is 10. The van der Waals surface area contributed by atoms with Crippen LogP contribution < -0.4 is 0 Å². The van der Waals surface area contributed by atoms with Crippen molar-refractivity contribution >= 4 is 34.5 Å². The Labute approximate surface area is 214 Å². The van der Waals surface area contributed by atoms with Crippen LogP contribution in [0, 0.1) is 26.5 Å². The van der Waals surface area contributed by atoms with Gasteiger partial charge in [0, 0.05) is 24.0 Å². The van der Waals surface area contributed by atoms with Crippen molar-refractivity contribution in [2.75, 3.05) is 0 Å². The van der Waals surface area contributed by atoms with Crippen molar-refractivity contribution in [2.45, 2.75) is 13.8 Å². The predicted molar refractivity (Wildman–Crippen MR) is 125 cm³/mol. The Morgan fingerprint density at radius 1 is 0.657 bits per heavy atom. The van der Waals surface area contributed by atoms with Gasteiger partial charge < -0.3 is 19.1 Å². The third-order valence-electron chi connectivity index (χ3n) is 5.33. The predicted octanol–water partition coefficient (Wildman–Crippen LogP) is 3.12. The number of hydrogen-bond acceptors (Lipinski definition) is 8. The fraction of sp³-hybridized carbons (Fsp3) is 0.0833. The minimum atomic E-state index is 0. The van der Waals surface area contributed by atoms with E-state index >= 15 is 0 Å². The van der Waals surface area contributed by atoms with Crippen LogP contribution in [0.2, 0.25) is 0 Å². The fourth-order valence-electron chi connectivity index (χ4n) is 3.71. The van der Waals surface area contributed by atoms with Gasteiger partial charge in [-0.15, -0.1) is 0 Å². The van der Waals surface area contributed by atoms with E-state index < -0.39 is 0 Å². The van der Waals surface area contributed by atoms with E-state index in [1.807, 2.05) is 62.4 Å². The van der Waals surface area contributed by atoms with Crippen LogP contribution >= 0.6 is 0 Å². The number of rotatable bonds is 4. The van der Waals surface area contributed by atoms with E-state index in [9.17, 15) is 0 Å². The molecule has 0 saturated carbocycles. The second kappa shape index (κ2) is 9.23. The summed E-state index contributed by atoms with van der Waals surface area (Å²) >= 11 is 0. The third-order valence-corrected chi connectivity index (χ3v) is 5.33. The van der Waals surface area contributed by atoms with Gasteiger partial charge in [0.2, 0.25) is 0 Å². The molecule has 0 aromatic carbocycles. The van der Waals surface area contributed by atoms with Gasteiger partial charge in [0.15, 0.2) is 0 Å². The molecule has 0 amide bonds. The van der Waals surface area contributed by atoms with Crippen LogP contribution in [0.1, 0.15) is 22.8 Å². The van der Waals surface area contributed by atoms with Gasteiger partial charge in [0.05, 0.1) is 34.3 Å². The first-order valence-corrected chi connectivity index (χ1v) is 10.5. The monoisotopic (exact) mass is 639 g/mol. The maximum atomic E-state index is 4.73. The first-order chi connectivity index (χ1) is 16.7. The van der Waals surface area contributed by atoms with Gasteiger partial charge in [0.1, 0.15) is 12.7 Å². The summed E-state index contributed by atoms with van der Waals surface area (Å²) in [6.45, 7) is 3.82. The molecule has 0 unspecified atom stereocenters. The van der Waals surface area contributed by atoms with Crippen molar-refractivity contribution in [1.82, 2.24) is 49.0 Å². The summed E-state index contributed by atoms with van der Waals surface area (Å²) < 4.78 is 3.54. The molecule has 10 nitrogen and oxygen atoms in total. The molecule has 0 aliphatic rings. The molecule has 0 aliphatic heterocycles. The molecule has 6 aromatic rings. The maximum absolute atomic E-state index is 4.73. The molecule has 0 atom stereocenters. The van der Waals surface area contributed by atoms with Crippen LogP contribution in [0.25, 0.3) is 46.1 Å². The van der Waals surface area contributed by atoms with Crippen molar-refractivity contribution in [3.63, 3.8) is 0 Å². The number of pyridine rings is 2. The molecular formula is C24H16N10Pt. The zero-order valence-corrected chi connectivity index (χ0v) is 20.8. The first-order valence-electron chi connectivity index (χ1n) is 10.5. The zero-order chi connectivity index (χ0) is 23.1. The molecule has 172 valence electrons. The molecule has 0 aliphatic carbocycles. The van der Waals surface area contributed by atoms with Crippen molar-refractivity contribution in [3.8, 4) is 11.6 Å². The summed E-state index contributed by atoms with van der Waals surface area (Å²) in [6, 6.07) is 11.5. The molecule has 0 saturated heterocycles. The molecule has 6 aromatic heterocycles. The molecule has 0 spiro atoms. The molecule has 0 bridgehead atoms. The van der Waals surface area contributed by atoms with Gasteiger partial charge in [-0.2, -0.15) is 0 Å². The SMILES string of the molecule is Cc1ncnc2n[c-]n(-c3cccc(/C=C\c4cccc(-n5[c-]nc6ncnc(C)c65)n4)n3)c12.[Pt+2]. The summed E-state index contributed by atoms with van der Waals surface area (Å²) in [6.07, 6.45) is 12.7. The Morgan fingerprint density at radius 2 is 1.11 bits per heavy atom. The normalized spacial score (nSPS) is 11.4. The average molecular weight is 640 g/mol. The van der Waals surface area contributed by atoms with E-state index in [1.54, 1.807) is 9.13 Å². The summed E-state index contributed by atoms with van der Waals surface area (Å²) in [7, 11) is 0. The van der Waals surface area contributed by atoms with Gasteiger partial charge in [-0.1, -0.05) is 24.3 Å². The number of imidazole rings is 2. The Balaban J connectivity index is 0.00000253. The molecule has 0 N–H and O–H groups in total. The van der Waals surface area contributed by atoms with Crippen molar-refractivity contribution < 1.29 is 21.1 Å².